The number of nitrogens with one attached hydrogen (secondary N) is 5. The van der Waals surface area contributed by atoms with Crippen molar-refractivity contribution in [1.29, 1.82) is 0 Å². The highest BCUT2D eigenvalue weighted by Gasteiger charge is 2.53. The second-order valence-corrected chi connectivity index (χ2v) is 30.7. The number of carbonyl (C=O) groups excluding carboxylic acids is 10. The second kappa shape index (κ2) is 37.9. The van der Waals surface area contributed by atoms with E-state index in [-0.39, 0.29) is 96.0 Å². The number of urea groups is 5. The van der Waals surface area contributed by atoms with Crippen molar-refractivity contribution in [3.05, 3.63) is 0 Å². The summed E-state index contributed by atoms with van der Waals surface area (Å²) in [5, 5.41) is 6.81. The number of hydrogen-bond donors (Lipinski definition) is 5. The third-order valence-electron chi connectivity index (χ3n) is 23.8. The van der Waals surface area contributed by atoms with Crippen LogP contribution < -0.4 is 27.4 Å². The molecule has 10 bridgehead atoms. The monoisotopic (exact) mass is 1530 g/mol. The van der Waals surface area contributed by atoms with Crippen molar-refractivity contribution in [2.75, 3.05) is 176 Å². The van der Waals surface area contributed by atoms with Crippen molar-refractivity contribution in [2.45, 2.75) is 194 Å². The van der Waals surface area contributed by atoms with Gasteiger partial charge in [0.25, 0.3) is 29.5 Å². The van der Waals surface area contributed by atoms with Crippen LogP contribution in [0.2, 0.25) is 0 Å². The van der Waals surface area contributed by atoms with Crippen molar-refractivity contribution in [1.82, 2.24) is 102 Å². The highest BCUT2D eigenvalue weighted by molar-refractivity contribution is 5.91. The minimum atomic E-state index is -0.469. The van der Waals surface area contributed by atoms with Gasteiger partial charge in [-0.15, -0.1) is 0 Å². The van der Waals surface area contributed by atoms with E-state index in [1.165, 1.54) is 73.7 Å². The Labute approximate surface area is 631 Å². The first-order chi connectivity index (χ1) is 52.0. The molecule has 14 atom stereocenters. The smallest absolute Gasteiger partial charge is 0.309 e. The van der Waals surface area contributed by atoms with Gasteiger partial charge in [0.1, 0.15) is 30.2 Å². The van der Waals surface area contributed by atoms with Crippen molar-refractivity contribution < 1.29 is 96.3 Å². The van der Waals surface area contributed by atoms with Crippen molar-refractivity contribution >= 4 is 59.7 Å². The Bertz CT molecular complexity index is 3120. The molecule has 15 amide bonds. The number of hydroxylamine groups is 15. The van der Waals surface area contributed by atoms with Gasteiger partial charge in [-0.1, -0.05) is 6.42 Å². The van der Waals surface area contributed by atoms with Crippen LogP contribution >= 0.6 is 0 Å². The van der Waals surface area contributed by atoms with E-state index >= 15 is 0 Å². The molecule has 15 fully saturated rings. The van der Waals surface area contributed by atoms with Gasteiger partial charge in [0.2, 0.25) is 0 Å². The van der Waals surface area contributed by atoms with Gasteiger partial charge >= 0.3 is 30.2 Å². The fourth-order valence-electron chi connectivity index (χ4n) is 17.3. The summed E-state index contributed by atoms with van der Waals surface area (Å²) in [5.41, 5.74) is 12.6. The van der Waals surface area contributed by atoms with E-state index in [0.29, 0.717) is 115 Å². The first kappa shape index (κ1) is 82.1. The molecular weight excluding hydrogens is 1420 g/mol. The Morgan fingerprint density at radius 2 is 0.620 bits per heavy atom. The number of likely N-dealkylation sites (N-methyl/N-ethyl adjacent to an activating group) is 4. The number of piperidine rings is 6. The molecule has 0 unspecified atom stereocenters. The summed E-state index contributed by atoms with van der Waals surface area (Å²) < 4.78 is 0. The minimum Gasteiger partial charge on any atom is -0.309 e. The number of hydrogen-bond acceptors (Lipinski definition) is 25. The van der Waals surface area contributed by atoms with Crippen LogP contribution in [0.15, 0.2) is 0 Å². The Morgan fingerprint density at radius 1 is 0.315 bits per heavy atom. The van der Waals surface area contributed by atoms with Crippen LogP contribution in [-0.4, -0.2) is 394 Å². The molecular formula is C68H116N20O20. The zero-order chi connectivity index (χ0) is 77.0. The number of nitrogens with zero attached hydrogens (tertiary/aromatic N) is 15. The summed E-state index contributed by atoms with van der Waals surface area (Å²) in [7, 11) is 17.7. The molecule has 108 heavy (non-hydrogen) atoms. The lowest BCUT2D eigenvalue weighted by Gasteiger charge is -2.37. The molecule has 40 heteroatoms. The summed E-state index contributed by atoms with van der Waals surface area (Å²) in [6.07, 6.45) is 14.8. The summed E-state index contributed by atoms with van der Waals surface area (Å²) in [6, 6.07) is -2.17. The number of rotatable bonds is 24. The van der Waals surface area contributed by atoms with Gasteiger partial charge in [0, 0.05) is 82.9 Å². The van der Waals surface area contributed by atoms with E-state index < -0.39 is 30.2 Å². The fraction of sp³-hybridized carbons (Fsp3) is 0.853. The molecule has 40 nitrogen and oxygen atoms in total. The Hall–Kier alpha value is -6.90. The average Bonchev–Trinajstić information content (AvgIpc) is 1.66. The van der Waals surface area contributed by atoms with Gasteiger partial charge in [-0.3, -0.25) is 72.3 Å². The molecule has 608 valence electrons. The highest BCUT2D eigenvalue weighted by atomic mass is 16.7. The zero-order valence-corrected chi connectivity index (χ0v) is 64.4. The van der Waals surface area contributed by atoms with Crippen LogP contribution in [-0.2, 0) is 72.3 Å². The van der Waals surface area contributed by atoms with Crippen molar-refractivity contribution in [3.63, 3.8) is 0 Å². The topological polar surface area (TPSA) is 372 Å². The standard InChI is InChI=1S/C15H26N4O4.C14H24N4O4.3C13H22N4O4/c1-17-8-4-3-5-12(17)10-23-16-14(20)13-7-6-11-9-18(13)15(21)19(11)22-2;1-16-7-3-4-11(16)9-22-15-13(19)12-6-5-10-8-17(12)14(20)18(10)21-2;1-15-5-9(6-15)8-21-14-12(18)11-4-3-10-7-16(11)13(19)17(10)20-2;1-15-6-5-10(15)8-21-14-12(18)11-4-3-9-7-16(11)13(19)17(9)20-2;1-15-6-5-10(8-15)21-14-12(18)11-4-3-9-7-16(11)13(19)17(9)20-2/h11-13H,3-10H2,1-2H3,(H,16,20);10-12H,3-9H2,1-2H3,(H,15,19);3*9-11H,3-8H2,1-2H3,(H,14,18)/t11-,12+,13+;10-,11-,12+;10-,11+;2*9-,10+,11+/m11111/s1. The lowest BCUT2D eigenvalue weighted by Crippen LogP contribution is -2.52. The Kier molecular flexibility index (Phi) is 28.8. The summed E-state index contributed by atoms with van der Waals surface area (Å²) in [4.78, 5) is 193. The molecule has 15 rings (SSSR count). The summed E-state index contributed by atoms with van der Waals surface area (Å²) in [6.45, 7) is 11.6. The van der Waals surface area contributed by atoms with Gasteiger partial charge < -0.3 is 49.0 Å². The summed E-state index contributed by atoms with van der Waals surface area (Å²) >= 11 is 0. The van der Waals surface area contributed by atoms with Gasteiger partial charge in [0.15, 0.2) is 0 Å². The molecule has 0 aromatic rings. The average molecular weight is 1530 g/mol. The maximum absolute atomic E-state index is 12.3. The van der Waals surface area contributed by atoms with E-state index in [1.807, 2.05) is 21.1 Å². The number of fused-ring (bicyclic) bond motifs is 10. The lowest BCUT2D eigenvalue weighted by molar-refractivity contribution is -0.143. The Balaban J connectivity index is 0.000000134. The molecule has 15 aliphatic rings. The van der Waals surface area contributed by atoms with Crippen LogP contribution in [0.25, 0.3) is 0 Å². The van der Waals surface area contributed by atoms with Crippen LogP contribution in [0.3, 0.4) is 0 Å². The van der Waals surface area contributed by atoms with Gasteiger partial charge in [-0.25, -0.2) is 51.4 Å². The van der Waals surface area contributed by atoms with E-state index in [1.54, 1.807) is 24.5 Å². The number of likely N-dealkylation sites (tertiary alicyclic amines) is 5. The normalized spacial score (nSPS) is 31.7. The van der Waals surface area contributed by atoms with Crippen LogP contribution in [0.4, 0.5) is 24.0 Å². The first-order valence-corrected chi connectivity index (χ1v) is 38.3. The molecule has 15 aliphatic heterocycles. The molecule has 0 spiro atoms. The van der Waals surface area contributed by atoms with E-state index in [2.05, 4.69) is 66.0 Å². The highest BCUT2D eigenvalue weighted by Crippen LogP contribution is 2.35. The minimum absolute atomic E-state index is 0.0278. The first-order valence-electron chi connectivity index (χ1n) is 38.3. The predicted molar refractivity (Wildman–Crippen MR) is 378 cm³/mol. The largest absolute Gasteiger partial charge is 0.345 e. The molecule has 0 aliphatic carbocycles. The number of carbonyl (C=O) groups is 10. The molecule has 0 aromatic carbocycles. The third-order valence-corrected chi connectivity index (χ3v) is 23.8. The van der Waals surface area contributed by atoms with Gasteiger partial charge in [-0.05, 0) is 158 Å². The van der Waals surface area contributed by atoms with Crippen molar-refractivity contribution in [2.24, 2.45) is 5.92 Å². The van der Waals surface area contributed by atoms with Crippen LogP contribution in [0.1, 0.15) is 109 Å². The van der Waals surface area contributed by atoms with Crippen LogP contribution in [0.5, 0.6) is 0 Å². The zero-order valence-electron chi connectivity index (χ0n) is 64.4. The maximum atomic E-state index is 12.3. The van der Waals surface area contributed by atoms with Gasteiger partial charge in [-0.2, -0.15) is 25.3 Å². The molecule has 15 heterocycles. The molecule has 0 radical (unpaired) electrons. The maximum Gasteiger partial charge on any atom is 0.345 e. The summed E-state index contributed by atoms with van der Waals surface area (Å²) in [5.74, 6) is -0.745. The SMILES string of the molecule is CON1C(=O)N2C[C@H]1CC[C@H]2C(=O)NOCC1CN(C)C1.CON1C(=O)N2C[C@H]1CC[C@H]2C(=O)NOC[C@@H]1CCCCN1C.CON1C(=O)N2C[C@H]1CC[C@H]2C(=O)NOC[C@@H]1CCN1C.CON1C(=O)N2C[C@H]1CC[C@H]2C(=O)NOC[C@H]1CCCN1C.CON1C(=O)N2C[C@H]1CC[C@H]2C(=O)NO[C@H]1CCN(C)C1. The van der Waals surface area contributed by atoms with E-state index in [4.69, 9.17) is 48.4 Å². The molecule has 0 aromatic heterocycles. The lowest BCUT2D eigenvalue weighted by atomic mass is 10.0. The second-order valence-electron chi connectivity index (χ2n) is 30.7. The molecule has 5 N–H and O–H groups in total. The fourth-order valence-corrected chi connectivity index (χ4v) is 17.3. The molecule has 15 saturated heterocycles. The quantitative estimate of drug-likeness (QED) is 0.0714. The van der Waals surface area contributed by atoms with E-state index in [0.717, 1.165) is 110 Å². The number of amides is 15. The third kappa shape index (κ3) is 19.0. The van der Waals surface area contributed by atoms with E-state index in [9.17, 15) is 47.9 Å². The van der Waals surface area contributed by atoms with Gasteiger partial charge in [0.05, 0.1) is 98.3 Å². The van der Waals surface area contributed by atoms with Crippen molar-refractivity contribution in [3.8, 4) is 0 Å². The molecule has 0 saturated carbocycles. The predicted octanol–water partition coefficient (Wildman–Crippen LogP) is -1.13. The van der Waals surface area contributed by atoms with Crippen LogP contribution in [0, 0.1) is 5.92 Å². The Morgan fingerprint density at radius 3 is 0.898 bits per heavy atom.